The monoisotopic (exact) mass is 428 g/mol. The van der Waals surface area contributed by atoms with Crippen molar-refractivity contribution in [3.63, 3.8) is 0 Å². The van der Waals surface area contributed by atoms with Crippen LogP contribution in [0.2, 0.25) is 10.0 Å². The SMILES string of the molecule is O=S(=O)(Cl)c1cc(Cl)c(OCc2cccc(Br)c2)cc1Cl. The van der Waals surface area contributed by atoms with Gasteiger partial charge in [0.15, 0.2) is 0 Å². The van der Waals surface area contributed by atoms with E-state index < -0.39 is 9.05 Å². The second-order valence-electron chi connectivity index (χ2n) is 4.07. The molecule has 0 aromatic heterocycles. The fraction of sp³-hybridized carbons (Fsp3) is 0.0769. The van der Waals surface area contributed by atoms with E-state index in [0.717, 1.165) is 10.0 Å². The lowest BCUT2D eigenvalue weighted by molar-refractivity contribution is 0.306. The molecule has 2 rings (SSSR count). The van der Waals surface area contributed by atoms with Gasteiger partial charge in [0.25, 0.3) is 9.05 Å². The third-order valence-electron chi connectivity index (χ3n) is 2.53. The van der Waals surface area contributed by atoms with Crippen LogP contribution in [0.25, 0.3) is 0 Å². The Balaban J connectivity index is 2.24. The predicted octanol–water partition coefficient (Wildman–Crippen LogP) is 5.26. The summed E-state index contributed by atoms with van der Waals surface area (Å²) in [6, 6.07) is 10.1. The number of halogens is 4. The van der Waals surface area contributed by atoms with Gasteiger partial charge in [0, 0.05) is 21.2 Å². The Hall–Kier alpha value is -0.460. The quantitative estimate of drug-likeness (QED) is 0.621. The number of rotatable bonds is 4. The van der Waals surface area contributed by atoms with Crippen LogP contribution in [0.15, 0.2) is 45.8 Å². The van der Waals surface area contributed by atoms with E-state index in [1.165, 1.54) is 12.1 Å². The van der Waals surface area contributed by atoms with Crippen LogP contribution in [0.3, 0.4) is 0 Å². The van der Waals surface area contributed by atoms with Gasteiger partial charge < -0.3 is 4.74 Å². The summed E-state index contributed by atoms with van der Waals surface area (Å²) in [5, 5.41) is 0.0762. The predicted molar refractivity (Wildman–Crippen MR) is 88.0 cm³/mol. The minimum absolute atomic E-state index is 0.0429. The van der Waals surface area contributed by atoms with E-state index in [-0.39, 0.29) is 27.3 Å². The molecule has 0 unspecified atom stereocenters. The standard InChI is InChI=1S/C13H8BrCl3O3S/c14-9-3-1-2-8(4-9)7-20-12-5-11(16)13(6-10(12)15)21(17,18)19/h1-6H,7H2. The van der Waals surface area contributed by atoms with Crippen LogP contribution in [-0.4, -0.2) is 8.42 Å². The second kappa shape index (κ2) is 6.75. The molecule has 2 aromatic carbocycles. The maximum absolute atomic E-state index is 11.3. The molecule has 0 saturated heterocycles. The molecule has 0 fully saturated rings. The average Bonchev–Trinajstić information content (AvgIpc) is 2.38. The second-order valence-corrected chi connectivity index (χ2v) is 8.33. The molecule has 0 radical (unpaired) electrons. The Morgan fingerprint density at radius 2 is 1.81 bits per heavy atom. The summed E-state index contributed by atoms with van der Waals surface area (Å²) in [7, 11) is 1.31. The Kier molecular flexibility index (Phi) is 5.43. The molecule has 0 amide bonds. The Morgan fingerprint density at radius 3 is 2.43 bits per heavy atom. The fourth-order valence-corrected chi connectivity index (χ4v) is 3.84. The molecule has 0 saturated carbocycles. The van der Waals surface area contributed by atoms with Crippen molar-refractivity contribution in [2.75, 3.05) is 0 Å². The Morgan fingerprint density at radius 1 is 1.10 bits per heavy atom. The molecule has 0 atom stereocenters. The number of benzene rings is 2. The summed E-state index contributed by atoms with van der Waals surface area (Å²) in [5.41, 5.74) is 0.922. The first-order chi connectivity index (χ1) is 9.77. The van der Waals surface area contributed by atoms with Gasteiger partial charge in [-0.15, -0.1) is 0 Å². The van der Waals surface area contributed by atoms with Gasteiger partial charge in [0.1, 0.15) is 17.3 Å². The van der Waals surface area contributed by atoms with E-state index in [2.05, 4.69) is 15.9 Å². The van der Waals surface area contributed by atoms with Crippen LogP contribution < -0.4 is 4.74 Å². The molecular formula is C13H8BrCl3O3S. The van der Waals surface area contributed by atoms with Gasteiger partial charge in [-0.25, -0.2) is 8.42 Å². The minimum Gasteiger partial charge on any atom is -0.487 e. The van der Waals surface area contributed by atoms with Crippen molar-refractivity contribution in [2.24, 2.45) is 0 Å². The van der Waals surface area contributed by atoms with Gasteiger partial charge >= 0.3 is 0 Å². The maximum atomic E-state index is 11.3. The molecule has 112 valence electrons. The lowest BCUT2D eigenvalue weighted by atomic mass is 10.2. The smallest absolute Gasteiger partial charge is 0.262 e. The highest BCUT2D eigenvalue weighted by Gasteiger charge is 2.18. The van der Waals surface area contributed by atoms with E-state index in [1.54, 1.807) is 0 Å². The van der Waals surface area contributed by atoms with Crippen molar-refractivity contribution in [1.29, 1.82) is 0 Å². The largest absolute Gasteiger partial charge is 0.487 e. The van der Waals surface area contributed by atoms with Crippen LogP contribution in [0.4, 0.5) is 0 Å². The number of hydrogen-bond donors (Lipinski definition) is 0. The Labute approximate surface area is 145 Å². The zero-order valence-electron chi connectivity index (χ0n) is 10.3. The molecule has 3 nitrogen and oxygen atoms in total. The first-order valence-electron chi connectivity index (χ1n) is 5.58. The highest BCUT2D eigenvalue weighted by molar-refractivity contribution is 9.10. The fourth-order valence-electron chi connectivity index (χ4n) is 1.60. The molecule has 0 aliphatic heterocycles. The summed E-state index contributed by atoms with van der Waals surface area (Å²) in [6.07, 6.45) is 0. The van der Waals surface area contributed by atoms with Gasteiger partial charge in [-0.2, -0.15) is 0 Å². The van der Waals surface area contributed by atoms with Crippen LogP contribution in [-0.2, 0) is 15.7 Å². The van der Waals surface area contributed by atoms with E-state index >= 15 is 0 Å². The average molecular weight is 431 g/mol. The highest BCUT2D eigenvalue weighted by atomic mass is 79.9. The summed E-state index contributed by atoms with van der Waals surface area (Å²) >= 11 is 15.2. The van der Waals surface area contributed by atoms with Crippen LogP contribution in [0.5, 0.6) is 5.75 Å². The summed E-state index contributed by atoms with van der Waals surface area (Å²) in [4.78, 5) is -0.245. The molecule has 0 N–H and O–H groups in total. The maximum Gasteiger partial charge on any atom is 0.262 e. The van der Waals surface area contributed by atoms with E-state index in [1.807, 2.05) is 24.3 Å². The molecule has 0 spiro atoms. The lowest BCUT2D eigenvalue weighted by Crippen LogP contribution is -1.98. The van der Waals surface area contributed by atoms with Gasteiger partial charge in [-0.05, 0) is 23.8 Å². The van der Waals surface area contributed by atoms with Crippen molar-refractivity contribution < 1.29 is 13.2 Å². The van der Waals surface area contributed by atoms with Gasteiger partial charge in [0.05, 0.1) is 10.0 Å². The molecule has 0 aliphatic rings. The van der Waals surface area contributed by atoms with Crippen molar-refractivity contribution in [1.82, 2.24) is 0 Å². The molecule has 0 aliphatic carbocycles. The Bertz CT molecular complexity index is 778. The van der Waals surface area contributed by atoms with Crippen LogP contribution in [0.1, 0.15) is 5.56 Å². The molecular weight excluding hydrogens is 422 g/mol. The lowest BCUT2D eigenvalue weighted by Gasteiger charge is -2.10. The molecule has 8 heteroatoms. The van der Waals surface area contributed by atoms with Crippen molar-refractivity contribution >= 4 is 58.9 Å². The molecule has 0 bridgehead atoms. The third-order valence-corrected chi connectivity index (χ3v) is 5.11. The summed E-state index contributed by atoms with van der Waals surface area (Å²) < 4.78 is 29.1. The summed E-state index contributed by atoms with van der Waals surface area (Å²) in [6.45, 7) is 0.266. The van der Waals surface area contributed by atoms with Crippen LogP contribution in [0, 0.1) is 0 Å². The first-order valence-corrected chi connectivity index (χ1v) is 9.44. The highest BCUT2D eigenvalue weighted by Crippen LogP contribution is 2.35. The summed E-state index contributed by atoms with van der Waals surface area (Å²) in [5.74, 6) is 0.283. The first kappa shape index (κ1) is 16.9. The normalized spacial score (nSPS) is 11.4. The van der Waals surface area contributed by atoms with Crippen molar-refractivity contribution in [3.05, 3.63) is 56.5 Å². The minimum atomic E-state index is -3.95. The van der Waals surface area contributed by atoms with Crippen LogP contribution >= 0.6 is 49.8 Å². The van der Waals surface area contributed by atoms with Gasteiger partial charge in [-0.3, -0.25) is 0 Å². The van der Waals surface area contributed by atoms with Crippen molar-refractivity contribution in [3.8, 4) is 5.75 Å². The van der Waals surface area contributed by atoms with Gasteiger partial charge in [-0.1, -0.05) is 51.3 Å². The van der Waals surface area contributed by atoms with E-state index in [0.29, 0.717) is 0 Å². The molecule has 0 heterocycles. The molecule has 2 aromatic rings. The number of hydrogen-bond acceptors (Lipinski definition) is 3. The zero-order chi connectivity index (χ0) is 15.6. The van der Waals surface area contributed by atoms with Gasteiger partial charge in [0.2, 0.25) is 0 Å². The van der Waals surface area contributed by atoms with E-state index in [9.17, 15) is 8.42 Å². The zero-order valence-corrected chi connectivity index (χ0v) is 15.0. The molecule has 21 heavy (non-hydrogen) atoms. The number of ether oxygens (including phenoxy) is 1. The van der Waals surface area contributed by atoms with E-state index in [4.69, 9.17) is 38.6 Å². The van der Waals surface area contributed by atoms with Crippen molar-refractivity contribution in [2.45, 2.75) is 11.5 Å². The third kappa shape index (κ3) is 4.50. The topological polar surface area (TPSA) is 43.4 Å².